The van der Waals surface area contributed by atoms with E-state index in [9.17, 15) is 5.11 Å². The van der Waals surface area contributed by atoms with Crippen LogP contribution in [-0.2, 0) is 6.54 Å². The van der Waals surface area contributed by atoms with Crippen molar-refractivity contribution < 1.29 is 5.11 Å². The zero-order chi connectivity index (χ0) is 12.7. The predicted molar refractivity (Wildman–Crippen MR) is 75.4 cm³/mol. The lowest BCUT2D eigenvalue weighted by Crippen LogP contribution is -2.40. The summed E-state index contributed by atoms with van der Waals surface area (Å²) in [6.07, 6.45) is 8.14. The number of aliphatic hydroxyl groups is 1. The van der Waals surface area contributed by atoms with Gasteiger partial charge >= 0.3 is 0 Å². The van der Waals surface area contributed by atoms with E-state index in [1.54, 1.807) is 0 Å². The standard InChI is InChI=1S/C16H25NO/c18-16(11-7-2-1-3-8-12-16)14-17-13-15-9-5-4-6-10-15/h4-6,9-10,17-18H,1-3,7-8,11-14H2. The molecule has 0 spiro atoms. The minimum Gasteiger partial charge on any atom is -0.389 e. The van der Waals surface area contributed by atoms with Gasteiger partial charge in [0.1, 0.15) is 0 Å². The van der Waals surface area contributed by atoms with Crippen molar-refractivity contribution >= 4 is 0 Å². The van der Waals surface area contributed by atoms with Crippen LogP contribution >= 0.6 is 0 Å². The fourth-order valence-corrected chi connectivity index (χ4v) is 2.78. The van der Waals surface area contributed by atoms with Gasteiger partial charge in [0.2, 0.25) is 0 Å². The Kier molecular flexibility index (Phi) is 5.21. The average molecular weight is 247 g/mol. The third-order valence-electron chi connectivity index (χ3n) is 3.91. The van der Waals surface area contributed by atoms with E-state index < -0.39 is 5.60 Å². The maximum atomic E-state index is 10.6. The Morgan fingerprint density at radius 1 is 0.944 bits per heavy atom. The van der Waals surface area contributed by atoms with Crippen molar-refractivity contribution in [2.45, 2.75) is 57.1 Å². The van der Waals surface area contributed by atoms with Gasteiger partial charge in [0.05, 0.1) is 5.60 Å². The monoisotopic (exact) mass is 247 g/mol. The molecule has 18 heavy (non-hydrogen) atoms. The van der Waals surface area contributed by atoms with E-state index in [1.807, 2.05) is 6.07 Å². The Labute approximate surface area is 110 Å². The smallest absolute Gasteiger partial charge is 0.0771 e. The summed E-state index contributed by atoms with van der Waals surface area (Å²) in [7, 11) is 0. The second-order valence-corrected chi connectivity index (χ2v) is 5.58. The lowest BCUT2D eigenvalue weighted by Gasteiger charge is -2.30. The van der Waals surface area contributed by atoms with Gasteiger partial charge in [-0.2, -0.15) is 0 Å². The van der Waals surface area contributed by atoms with Gasteiger partial charge in [-0.15, -0.1) is 0 Å². The maximum Gasteiger partial charge on any atom is 0.0771 e. The topological polar surface area (TPSA) is 32.3 Å². The van der Waals surface area contributed by atoms with Crippen LogP contribution in [0.15, 0.2) is 30.3 Å². The summed E-state index contributed by atoms with van der Waals surface area (Å²) >= 11 is 0. The van der Waals surface area contributed by atoms with Gasteiger partial charge in [0, 0.05) is 13.1 Å². The predicted octanol–water partition coefficient (Wildman–Crippen LogP) is 3.25. The van der Waals surface area contributed by atoms with Crippen molar-refractivity contribution in [3.63, 3.8) is 0 Å². The van der Waals surface area contributed by atoms with Crippen molar-refractivity contribution in [1.29, 1.82) is 0 Å². The molecule has 0 radical (unpaired) electrons. The SMILES string of the molecule is OC1(CNCc2ccccc2)CCCCCCC1. The van der Waals surface area contributed by atoms with Crippen LogP contribution in [0.5, 0.6) is 0 Å². The van der Waals surface area contributed by atoms with Crippen molar-refractivity contribution in [3.05, 3.63) is 35.9 Å². The van der Waals surface area contributed by atoms with Crippen LogP contribution in [0.25, 0.3) is 0 Å². The van der Waals surface area contributed by atoms with Gasteiger partial charge < -0.3 is 10.4 Å². The molecule has 0 amide bonds. The molecule has 0 unspecified atom stereocenters. The number of benzene rings is 1. The van der Waals surface area contributed by atoms with Crippen LogP contribution in [0, 0.1) is 0 Å². The molecule has 1 aliphatic carbocycles. The summed E-state index contributed by atoms with van der Waals surface area (Å²) in [6, 6.07) is 10.4. The van der Waals surface area contributed by atoms with E-state index in [2.05, 4.69) is 29.6 Å². The van der Waals surface area contributed by atoms with Crippen molar-refractivity contribution in [2.24, 2.45) is 0 Å². The van der Waals surface area contributed by atoms with Gasteiger partial charge in [-0.1, -0.05) is 62.4 Å². The summed E-state index contributed by atoms with van der Waals surface area (Å²) in [4.78, 5) is 0. The van der Waals surface area contributed by atoms with E-state index in [1.165, 1.54) is 37.7 Å². The first-order chi connectivity index (χ1) is 8.79. The minimum atomic E-state index is -0.477. The highest BCUT2D eigenvalue weighted by Crippen LogP contribution is 2.25. The van der Waals surface area contributed by atoms with E-state index in [0.29, 0.717) is 0 Å². The average Bonchev–Trinajstić information content (AvgIpc) is 2.36. The zero-order valence-corrected chi connectivity index (χ0v) is 11.2. The fraction of sp³-hybridized carbons (Fsp3) is 0.625. The highest BCUT2D eigenvalue weighted by molar-refractivity contribution is 5.14. The molecule has 1 saturated carbocycles. The Hall–Kier alpha value is -0.860. The molecule has 100 valence electrons. The fourth-order valence-electron chi connectivity index (χ4n) is 2.78. The molecule has 0 atom stereocenters. The Balaban J connectivity index is 1.77. The second-order valence-electron chi connectivity index (χ2n) is 5.58. The van der Waals surface area contributed by atoms with Gasteiger partial charge in [0.15, 0.2) is 0 Å². The number of hydrogen-bond acceptors (Lipinski definition) is 2. The molecule has 0 bridgehead atoms. The van der Waals surface area contributed by atoms with Crippen LogP contribution < -0.4 is 5.32 Å². The lowest BCUT2D eigenvalue weighted by molar-refractivity contribution is 0.0144. The molecule has 0 aliphatic heterocycles. The highest BCUT2D eigenvalue weighted by Gasteiger charge is 2.26. The van der Waals surface area contributed by atoms with Crippen molar-refractivity contribution in [2.75, 3.05) is 6.54 Å². The first-order valence-electron chi connectivity index (χ1n) is 7.26. The summed E-state index contributed by atoms with van der Waals surface area (Å²) < 4.78 is 0. The van der Waals surface area contributed by atoms with E-state index in [0.717, 1.165) is 25.9 Å². The van der Waals surface area contributed by atoms with Crippen LogP contribution in [0.1, 0.15) is 50.5 Å². The van der Waals surface area contributed by atoms with E-state index >= 15 is 0 Å². The normalized spacial score (nSPS) is 20.1. The van der Waals surface area contributed by atoms with Crippen molar-refractivity contribution in [3.8, 4) is 0 Å². The maximum absolute atomic E-state index is 10.6. The summed E-state index contributed by atoms with van der Waals surface area (Å²) in [5.41, 5.74) is 0.807. The molecule has 0 saturated heterocycles. The number of hydrogen-bond donors (Lipinski definition) is 2. The van der Waals surface area contributed by atoms with Crippen LogP contribution in [-0.4, -0.2) is 17.3 Å². The van der Waals surface area contributed by atoms with Crippen LogP contribution in [0.3, 0.4) is 0 Å². The quantitative estimate of drug-likeness (QED) is 0.856. The highest BCUT2D eigenvalue weighted by atomic mass is 16.3. The Bertz CT molecular complexity index is 328. The van der Waals surface area contributed by atoms with Crippen LogP contribution in [0.2, 0.25) is 0 Å². The Morgan fingerprint density at radius 2 is 1.56 bits per heavy atom. The zero-order valence-electron chi connectivity index (χ0n) is 11.2. The van der Waals surface area contributed by atoms with Crippen LogP contribution in [0.4, 0.5) is 0 Å². The third kappa shape index (κ3) is 4.43. The molecule has 0 aromatic heterocycles. The van der Waals surface area contributed by atoms with Crippen molar-refractivity contribution in [1.82, 2.24) is 5.32 Å². The van der Waals surface area contributed by atoms with Gasteiger partial charge in [-0.3, -0.25) is 0 Å². The van der Waals surface area contributed by atoms with Gasteiger partial charge in [0.25, 0.3) is 0 Å². The third-order valence-corrected chi connectivity index (χ3v) is 3.91. The molecule has 2 heteroatoms. The molecule has 2 nitrogen and oxygen atoms in total. The second kappa shape index (κ2) is 6.91. The minimum absolute atomic E-state index is 0.477. The van der Waals surface area contributed by atoms with E-state index in [4.69, 9.17) is 0 Å². The molecular weight excluding hydrogens is 222 g/mol. The molecule has 0 heterocycles. The number of rotatable bonds is 4. The summed E-state index contributed by atoms with van der Waals surface area (Å²) in [6.45, 7) is 1.57. The van der Waals surface area contributed by atoms with Gasteiger partial charge in [-0.25, -0.2) is 0 Å². The summed E-state index contributed by atoms with van der Waals surface area (Å²) in [5, 5.41) is 14.0. The first kappa shape index (κ1) is 13.6. The molecular formula is C16H25NO. The largest absolute Gasteiger partial charge is 0.389 e. The first-order valence-corrected chi connectivity index (χ1v) is 7.26. The molecule has 2 N–H and O–H groups in total. The molecule has 1 aromatic rings. The molecule has 1 fully saturated rings. The number of nitrogens with one attached hydrogen (secondary N) is 1. The molecule has 2 rings (SSSR count). The summed E-state index contributed by atoms with van der Waals surface area (Å²) in [5.74, 6) is 0. The lowest BCUT2D eigenvalue weighted by atomic mass is 9.87. The van der Waals surface area contributed by atoms with Gasteiger partial charge in [-0.05, 0) is 18.4 Å². The molecule has 1 aromatic carbocycles. The molecule has 1 aliphatic rings. The Morgan fingerprint density at radius 3 is 2.22 bits per heavy atom. The van der Waals surface area contributed by atoms with E-state index in [-0.39, 0.29) is 0 Å².